The van der Waals surface area contributed by atoms with E-state index >= 15 is 0 Å². The molecule has 2 heteroatoms. The van der Waals surface area contributed by atoms with Crippen LogP contribution in [-0.4, -0.2) is 17.4 Å². The van der Waals surface area contributed by atoms with Gasteiger partial charge in [0.05, 0.1) is 0 Å². The molecule has 0 spiro atoms. The SMILES string of the molecule is CCC(C)(C)c1cccc(C=NC2CCC2)c1O. The lowest BCUT2D eigenvalue weighted by molar-refractivity contribution is 0.420. The molecule has 0 aromatic heterocycles. The van der Waals surface area contributed by atoms with Crippen molar-refractivity contribution < 1.29 is 5.11 Å². The fourth-order valence-corrected chi connectivity index (χ4v) is 2.12. The Bertz CT molecular complexity index is 444. The second kappa shape index (κ2) is 5.13. The van der Waals surface area contributed by atoms with Crippen LogP contribution in [0, 0.1) is 0 Å². The van der Waals surface area contributed by atoms with Gasteiger partial charge >= 0.3 is 0 Å². The van der Waals surface area contributed by atoms with E-state index in [0.29, 0.717) is 11.8 Å². The van der Waals surface area contributed by atoms with Gasteiger partial charge in [-0.2, -0.15) is 0 Å². The molecule has 1 N–H and O–H groups in total. The lowest BCUT2D eigenvalue weighted by atomic mass is 9.81. The number of hydrogen-bond acceptors (Lipinski definition) is 2. The summed E-state index contributed by atoms with van der Waals surface area (Å²) < 4.78 is 0. The molecular formula is C16H23NO. The zero-order valence-electron chi connectivity index (χ0n) is 11.6. The molecule has 1 aliphatic carbocycles. The van der Waals surface area contributed by atoms with Crippen LogP contribution < -0.4 is 0 Å². The molecule has 98 valence electrons. The summed E-state index contributed by atoms with van der Waals surface area (Å²) in [6.07, 6.45) is 6.52. The number of aromatic hydroxyl groups is 1. The summed E-state index contributed by atoms with van der Waals surface area (Å²) in [6.45, 7) is 6.47. The lowest BCUT2D eigenvalue weighted by Gasteiger charge is -2.25. The highest BCUT2D eigenvalue weighted by Gasteiger charge is 2.23. The standard InChI is InChI=1S/C16H23NO/c1-4-16(2,3)14-10-5-7-12(15(14)18)11-17-13-8-6-9-13/h5,7,10-11,13,18H,4,6,8-9H2,1-3H3. The predicted molar refractivity (Wildman–Crippen MR) is 76.7 cm³/mol. The molecule has 1 aromatic rings. The van der Waals surface area contributed by atoms with E-state index in [4.69, 9.17) is 0 Å². The highest BCUT2D eigenvalue weighted by Crippen LogP contribution is 2.35. The monoisotopic (exact) mass is 245 g/mol. The van der Waals surface area contributed by atoms with E-state index in [1.54, 1.807) is 0 Å². The highest BCUT2D eigenvalue weighted by atomic mass is 16.3. The molecule has 0 atom stereocenters. The summed E-state index contributed by atoms with van der Waals surface area (Å²) in [4.78, 5) is 4.52. The van der Waals surface area contributed by atoms with Crippen molar-refractivity contribution in [2.75, 3.05) is 0 Å². The smallest absolute Gasteiger partial charge is 0.128 e. The van der Waals surface area contributed by atoms with Crippen LogP contribution >= 0.6 is 0 Å². The molecule has 2 rings (SSSR count). The van der Waals surface area contributed by atoms with E-state index in [1.165, 1.54) is 19.3 Å². The van der Waals surface area contributed by atoms with Crippen LogP contribution in [0.3, 0.4) is 0 Å². The number of para-hydroxylation sites is 1. The number of nitrogens with zero attached hydrogens (tertiary/aromatic N) is 1. The Hall–Kier alpha value is -1.31. The third-order valence-corrected chi connectivity index (χ3v) is 4.18. The van der Waals surface area contributed by atoms with Crippen LogP contribution in [-0.2, 0) is 5.41 Å². The molecule has 0 saturated heterocycles. The maximum atomic E-state index is 10.4. The van der Waals surface area contributed by atoms with Gasteiger partial charge in [-0.15, -0.1) is 0 Å². The zero-order chi connectivity index (χ0) is 13.2. The van der Waals surface area contributed by atoms with Crippen molar-refractivity contribution in [2.45, 2.75) is 57.9 Å². The van der Waals surface area contributed by atoms with Crippen LogP contribution in [0.25, 0.3) is 0 Å². The van der Waals surface area contributed by atoms with Crippen LogP contribution in [0.1, 0.15) is 57.6 Å². The molecule has 0 heterocycles. The summed E-state index contributed by atoms with van der Waals surface area (Å²) in [7, 11) is 0. The zero-order valence-corrected chi connectivity index (χ0v) is 11.6. The fourth-order valence-electron chi connectivity index (χ4n) is 2.12. The average molecular weight is 245 g/mol. The van der Waals surface area contributed by atoms with Crippen LogP contribution in [0.2, 0.25) is 0 Å². The molecule has 0 radical (unpaired) electrons. The largest absolute Gasteiger partial charge is 0.507 e. The number of hydrogen-bond donors (Lipinski definition) is 1. The van der Waals surface area contributed by atoms with E-state index in [2.05, 4.69) is 25.8 Å². The first kappa shape index (κ1) is 13.1. The fraction of sp³-hybridized carbons (Fsp3) is 0.562. The summed E-state index contributed by atoms with van der Waals surface area (Å²) in [6, 6.07) is 6.44. The van der Waals surface area contributed by atoms with Crippen LogP contribution in [0.4, 0.5) is 0 Å². The Morgan fingerprint density at radius 3 is 2.67 bits per heavy atom. The van der Waals surface area contributed by atoms with Crippen molar-refractivity contribution >= 4 is 6.21 Å². The minimum Gasteiger partial charge on any atom is -0.507 e. The molecular weight excluding hydrogens is 222 g/mol. The first-order valence-corrected chi connectivity index (χ1v) is 6.90. The molecule has 0 bridgehead atoms. The normalized spacial score (nSPS) is 17.1. The average Bonchev–Trinajstić information content (AvgIpc) is 2.29. The lowest BCUT2D eigenvalue weighted by Crippen LogP contribution is -2.16. The Balaban J connectivity index is 2.26. The predicted octanol–water partition coefficient (Wildman–Crippen LogP) is 4.05. The van der Waals surface area contributed by atoms with Crippen molar-refractivity contribution in [1.82, 2.24) is 0 Å². The Morgan fingerprint density at radius 1 is 1.39 bits per heavy atom. The van der Waals surface area contributed by atoms with Crippen molar-refractivity contribution in [2.24, 2.45) is 4.99 Å². The Labute approximate surface area is 110 Å². The minimum absolute atomic E-state index is 0.00437. The van der Waals surface area contributed by atoms with Gasteiger partial charge in [0.2, 0.25) is 0 Å². The van der Waals surface area contributed by atoms with Gasteiger partial charge in [-0.3, -0.25) is 4.99 Å². The third kappa shape index (κ3) is 2.58. The molecule has 0 amide bonds. The van der Waals surface area contributed by atoms with Gasteiger partial charge in [0.15, 0.2) is 0 Å². The van der Waals surface area contributed by atoms with E-state index in [9.17, 15) is 5.11 Å². The maximum Gasteiger partial charge on any atom is 0.128 e. The molecule has 0 unspecified atom stereocenters. The molecule has 2 nitrogen and oxygen atoms in total. The highest BCUT2D eigenvalue weighted by molar-refractivity contribution is 5.84. The molecule has 1 fully saturated rings. The topological polar surface area (TPSA) is 32.6 Å². The van der Waals surface area contributed by atoms with E-state index in [1.807, 2.05) is 24.4 Å². The van der Waals surface area contributed by atoms with Crippen molar-refractivity contribution in [3.63, 3.8) is 0 Å². The third-order valence-electron chi connectivity index (χ3n) is 4.18. The Kier molecular flexibility index (Phi) is 3.74. The quantitative estimate of drug-likeness (QED) is 0.797. The van der Waals surface area contributed by atoms with Crippen molar-refractivity contribution in [3.8, 4) is 5.75 Å². The number of benzene rings is 1. The first-order valence-electron chi connectivity index (χ1n) is 6.90. The maximum absolute atomic E-state index is 10.4. The second-order valence-electron chi connectivity index (χ2n) is 5.84. The van der Waals surface area contributed by atoms with Gasteiger partial charge in [-0.05, 0) is 37.2 Å². The molecule has 1 aliphatic rings. The van der Waals surface area contributed by atoms with E-state index in [0.717, 1.165) is 17.5 Å². The summed E-state index contributed by atoms with van der Waals surface area (Å²) >= 11 is 0. The first-order chi connectivity index (χ1) is 8.54. The van der Waals surface area contributed by atoms with E-state index in [-0.39, 0.29) is 5.41 Å². The van der Waals surface area contributed by atoms with Crippen LogP contribution in [0.5, 0.6) is 5.75 Å². The van der Waals surface area contributed by atoms with Gasteiger partial charge < -0.3 is 5.11 Å². The Morgan fingerprint density at radius 2 is 2.11 bits per heavy atom. The number of rotatable bonds is 4. The number of aliphatic imine (C=N–C) groups is 1. The summed E-state index contributed by atoms with van der Waals surface area (Å²) in [5.41, 5.74) is 1.87. The van der Waals surface area contributed by atoms with Gasteiger partial charge in [0, 0.05) is 23.4 Å². The second-order valence-corrected chi connectivity index (χ2v) is 5.84. The van der Waals surface area contributed by atoms with Crippen LogP contribution in [0.15, 0.2) is 23.2 Å². The molecule has 18 heavy (non-hydrogen) atoms. The minimum atomic E-state index is 0.00437. The number of phenolic OH excluding ortho intramolecular Hbond substituents is 1. The van der Waals surface area contributed by atoms with E-state index < -0.39 is 0 Å². The van der Waals surface area contributed by atoms with Gasteiger partial charge in [-0.1, -0.05) is 32.9 Å². The molecule has 1 aromatic carbocycles. The summed E-state index contributed by atoms with van der Waals surface area (Å²) in [5.74, 6) is 0.396. The van der Waals surface area contributed by atoms with Gasteiger partial charge in [0.1, 0.15) is 5.75 Å². The number of phenols is 1. The van der Waals surface area contributed by atoms with Gasteiger partial charge in [-0.25, -0.2) is 0 Å². The van der Waals surface area contributed by atoms with Crippen molar-refractivity contribution in [3.05, 3.63) is 29.3 Å². The molecule has 0 aliphatic heterocycles. The van der Waals surface area contributed by atoms with Crippen molar-refractivity contribution in [1.29, 1.82) is 0 Å². The van der Waals surface area contributed by atoms with Gasteiger partial charge in [0.25, 0.3) is 0 Å². The summed E-state index contributed by atoms with van der Waals surface area (Å²) in [5, 5.41) is 10.4. The molecule has 1 saturated carbocycles.